The minimum absolute atomic E-state index is 0.390. The van der Waals surface area contributed by atoms with Crippen LogP contribution in [0.4, 0.5) is 0 Å². The fraction of sp³-hybridized carbons (Fsp3) is 0. The largest absolute Gasteiger partial charge is 0.309 e. The standard InChI is InChI=1S/C31H18N4/c32-19-21-13-14-31-28(17-21)27-10-4-6-12-30(27)35(31)29-11-5-3-9-26(29)25-8-2-1-7-24(25)22-15-16-34-23(18-22)20-33/h1-18H. The second kappa shape index (κ2) is 8.30. The van der Waals surface area contributed by atoms with Crippen molar-refractivity contribution in [1.29, 1.82) is 10.5 Å². The van der Waals surface area contributed by atoms with Crippen LogP contribution in [-0.4, -0.2) is 9.55 Å². The van der Waals surface area contributed by atoms with Gasteiger partial charge in [0.1, 0.15) is 11.8 Å². The Morgan fingerprint density at radius 1 is 0.600 bits per heavy atom. The van der Waals surface area contributed by atoms with Gasteiger partial charge in [0.25, 0.3) is 0 Å². The Hall–Kier alpha value is -5.19. The van der Waals surface area contributed by atoms with E-state index in [-0.39, 0.29) is 0 Å². The molecule has 0 aliphatic carbocycles. The molecule has 35 heavy (non-hydrogen) atoms. The highest BCUT2D eigenvalue weighted by atomic mass is 15.0. The van der Waals surface area contributed by atoms with Gasteiger partial charge in [-0.05, 0) is 59.2 Å². The lowest BCUT2D eigenvalue weighted by molar-refractivity contribution is 1.18. The van der Waals surface area contributed by atoms with Crippen LogP contribution < -0.4 is 0 Å². The van der Waals surface area contributed by atoms with Gasteiger partial charge >= 0.3 is 0 Å². The van der Waals surface area contributed by atoms with E-state index in [2.05, 4.69) is 58.1 Å². The normalized spacial score (nSPS) is 10.8. The molecule has 0 fully saturated rings. The van der Waals surface area contributed by atoms with Crippen LogP contribution >= 0.6 is 0 Å². The molecule has 0 aliphatic heterocycles. The first kappa shape index (κ1) is 20.4. The molecule has 0 radical (unpaired) electrons. The maximum absolute atomic E-state index is 9.48. The van der Waals surface area contributed by atoms with Crippen LogP contribution in [0.2, 0.25) is 0 Å². The van der Waals surface area contributed by atoms with Gasteiger partial charge in [0, 0.05) is 22.5 Å². The van der Waals surface area contributed by atoms with E-state index in [9.17, 15) is 10.5 Å². The highest BCUT2D eigenvalue weighted by molar-refractivity contribution is 6.10. The zero-order valence-corrected chi connectivity index (χ0v) is 18.7. The molecule has 4 heteroatoms. The maximum atomic E-state index is 9.48. The van der Waals surface area contributed by atoms with Crippen molar-refractivity contribution in [2.24, 2.45) is 0 Å². The number of aromatic nitrogens is 2. The topological polar surface area (TPSA) is 65.4 Å². The van der Waals surface area contributed by atoms with Gasteiger partial charge < -0.3 is 4.57 Å². The van der Waals surface area contributed by atoms with E-state index < -0.39 is 0 Å². The summed E-state index contributed by atoms with van der Waals surface area (Å²) in [5.74, 6) is 0. The molecule has 0 saturated heterocycles. The van der Waals surface area contributed by atoms with Crippen LogP contribution in [0.15, 0.2) is 109 Å². The van der Waals surface area contributed by atoms with E-state index in [1.54, 1.807) is 6.20 Å². The molecule has 4 nitrogen and oxygen atoms in total. The smallest absolute Gasteiger partial charge is 0.141 e. The quantitative estimate of drug-likeness (QED) is 0.287. The van der Waals surface area contributed by atoms with Crippen molar-refractivity contribution in [2.45, 2.75) is 0 Å². The number of benzene rings is 4. The summed E-state index contributed by atoms with van der Waals surface area (Å²) >= 11 is 0. The molecule has 0 bridgehead atoms. The van der Waals surface area contributed by atoms with Crippen LogP contribution in [0.25, 0.3) is 49.7 Å². The minimum Gasteiger partial charge on any atom is -0.309 e. The second-order valence-electron chi connectivity index (χ2n) is 8.30. The first-order valence-electron chi connectivity index (χ1n) is 11.3. The van der Waals surface area contributed by atoms with E-state index in [0.717, 1.165) is 49.7 Å². The van der Waals surface area contributed by atoms with Crippen molar-refractivity contribution in [3.63, 3.8) is 0 Å². The third-order valence-electron chi connectivity index (χ3n) is 6.35. The second-order valence-corrected chi connectivity index (χ2v) is 8.30. The summed E-state index contributed by atoms with van der Waals surface area (Å²) in [7, 11) is 0. The van der Waals surface area contributed by atoms with Crippen molar-refractivity contribution in [2.75, 3.05) is 0 Å². The first-order valence-corrected chi connectivity index (χ1v) is 11.3. The van der Waals surface area contributed by atoms with E-state index in [4.69, 9.17) is 0 Å². The van der Waals surface area contributed by atoms with Crippen LogP contribution in [0.3, 0.4) is 0 Å². The monoisotopic (exact) mass is 446 g/mol. The number of nitrogens with zero attached hydrogens (tertiary/aromatic N) is 4. The Bertz CT molecular complexity index is 1830. The average molecular weight is 447 g/mol. The number of pyridine rings is 1. The zero-order valence-electron chi connectivity index (χ0n) is 18.7. The van der Waals surface area contributed by atoms with Crippen molar-refractivity contribution in [3.05, 3.63) is 121 Å². The van der Waals surface area contributed by atoms with Crippen LogP contribution in [0.5, 0.6) is 0 Å². The molecule has 0 unspecified atom stereocenters. The molecule has 4 aromatic carbocycles. The summed E-state index contributed by atoms with van der Waals surface area (Å²) in [6.07, 6.45) is 1.68. The number of hydrogen-bond acceptors (Lipinski definition) is 3. The van der Waals surface area contributed by atoms with Gasteiger partial charge in [-0.1, -0.05) is 60.7 Å². The lowest BCUT2D eigenvalue weighted by atomic mass is 9.93. The fourth-order valence-electron chi connectivity index (χ4n) is 4.83. The summed E-state index contributed by atoms with van der Waals surface area (Å²) in [5, 5.41) is 21.0. The van der Waals surface area contributed by atoms with Crippen LogP contribution in [-0.2, 0) is 0 Å². The van der Waals surface area contributed by atoms with Crippen molar-refractivity contribution < 1.29 is 0 Å². The number of nitriles is 2. The predicted octanol–water partition coefficient (Wildman–Crippen LogP) is 7.26. The number of rotatable bonds is 3. The number of hydrogen-bond donors (Lipinski definition) is 0. The predicted molar refractivity (Wildman–Crippen MR) is 139 cm³/mol. The Balaban J connectivity index is 1.66. The van der Waals surface area contributed by atoms with Crippen molar-refractivity contribution >= 4 is 21.8 Å². The number of fused-ring (bicyclic) bond motifs is 3. The number of para-hydroxylation sites is 2. The van der Waals surface area contributed by atoms with Gasteiger partial charge in [0.15, 0.2) is 0 Å². The molecule has 0 saturated carbocycles. The van der Waals surface area contributed by atoms with Crippen LogP contribution in [0.1, 0.15) is 11.3 Å². The summed E-state index contributed by atoms with van der Waals surface area (Å²) in [4.78, 5) is 4.14. The highest BCUT2D eigenvalue weighted by Gasteiger charge is 2.17. The average Bonchev–Trinajstić information content (AvgIpc) is 3.26. The van der Waals surface area contributed by atoms with E-state index in [0.29, 0.717) is 11.3 Å². The summed E-state index contributed by atoms with van der Waals surface area (Å²) < 4.78 is 2.27. The highest BCUT2D eigenvalue weighted by Crippen LogP contribution is 2.39. The molecule has 2 aromatic heterocycles. The molecule has 2 heterocycles. The van der Waals surface area contributed by atoms with Gasteiger partial charge in [-0.3, -0.25) is 0 Å². The Morgan fingerprint density at radius 2 is 1.31 bits per heavy atom. The summed E-state index contributed by atoms with van der Waals surface area (Å²) in [6, 6.07) is 38.9. The summed E-state index contributed by atoms with van der Waals surface area (Å²) in [5.41, 5.74) is 8.33. The molecule has 0 amide bonds. The van der Waals surface area contributed by atoms with Gasteiger partial charge in [-0.15, -0.1) is 0 Å². The lowest BCUT2D eigenvalue weighted by Gasteiger charge is -2.17. The van der Waals surface area contributed by atoms with E-state index >= 15 is 0 Å². The third kappa shape index (κ3) is 3.33. The molecule has 162 valence electrons. The SMILES string of the molecule is N#Cc1ccc2c(c1)c1ccccc1n2-c1ccccc1-c1ccccc1-c1ccnc(C#N)c1. The van der Waals surface area contributed by atoms with Crippen molar-refractivity contribution in [1.82, 2.24) is 9.55 Å². The van der Waals surface area contributed by atoms with Crippen LogP contribution in [0, 0.1) is 22.7 Å². The van der Waals surface area contributed by atoms with Crippen molar-refractivity contribution in [3.8, 4) is 40.1 Å². The van der Waals surface area contributed by atoms with Gasteiger partial charge in [0.2, 0.25) is 0 Å². The molecule has 0 N–H and O–H groups in total. The molecule has 0 aliphatic rings. The van der Waals surface area contributed by atoms with Gasteiger partial charge in [0.05, 0.1) is 28.4 Å². The summed E-state index contributed by atoms with van der Waals surface area (Å²) in [6.45, 7) is 0. The van der Waals surface area contributed by atoms with E-state index in [1.165, 1.54) is 0 Å². The molecule has 0 atom stereocenters. The maximum Gasteiger partial charge on any atom is 0.141 e. The van der Waals surface area contributed by atoms with E-state index in [1.807, 2.05) is 66.7 Å². The van der Waals surface area contributed by atoms with Gasteiger partial charge in [-0.25, -0.2) is 4.98 Å². The Morgan fingerprint density at radius 3 is 2.14 bits per heavy atom. The molecule has 6 aromatic rings. The molecular formula is C31H18N4. The third-order valence-corrected chi connectivity index (χ3v) is 6.35. The zero-order chi connectivity index (χ0) is 23.8. The Labute approximate surface area is 202 Å². The molecule has 6 rings (SSSR count). The Kier molecular flexibility index (Phi) is 4.84. The molecule has 0 spiro atoms. The lowest BCUT2D eigenvalue weighted by Crippen LogP contribution is -1.98. The molecular weight excluding hydrogens is 428 g/mol. The minimum atomic E-state index is 0.390. The first-order chi connectivity index (χ1) is 17.3. The van der Waals surface area contributed by atoms with Gasteiger partial charge in [-0.2, -0.15) is 10.5 Å². The fourth-order valence-corrected chi connectivity index (χ4v) is 4.83.